The molecule has 2 aliphatic carbocycles. The van der Waals surface area contributed by atoms with Gasteiger partial charge in [-0.3, -0.25) is 0 Å². The van der Waals surface area contributed by atoms with Gasteiger partial charge >= 0.3 is 0 Å². The van der Waals surface area contributed by atoms with E-state index < -0.39 is 11.6 Å². The number of halogens is 2. The van der Waals surface area contributed by atoms with Gasteiger partial charge in [-0.2, -0.15) is 0 Å². The van der Waals surface area contributed by atoms with Crippen molar-refractivity contribution in [1.82, 2.24) is 0 Å². The summed E-state index contributed by atoms with van der Waals surface area (Å²) in [7, 11) is 0. The molecule has 2 unspecified atom stereocenters. The van der Waals surface area contributed by atoms with Crippen LogP contribution in [0.1, 0.15) is 66.8 Å². The van der Waals surface area contributed by atoms with Crippen molar-refractivity contribution in [3.8, 4) is 0 Å². The van der Waals surface area contributed by atoms with Crippen LogP contribution in [0.4, 0.5) is 8.78 Å². The van der Waals surface area contributed by atoms with Crippen molar-refractivity contribution in [3.63, 3.8) is 0 Å². The average molecular weight is 369 g/mol. The molecule has 0 heterocycles. The molecule has 4 rings (SSSR count). The monoisotopic (exact) mass is 368 g/mol. The van der Waals surface area contributed by atoms with Gasteiger partial charge in [0, 0.05) is 6.07 Å². The van der Waals surface area contributed by atoms with E-state index in [1.165, 1.54) is 62.6 Å². The molecule has 0 fully saturated rings. The van der Waals surface area contributed by atoms with E-state index in [1.54, 1.807) is 16.7 Å². The fourth-order valence-electron chi connectivity index (χ4n) is 5.35. The first kappa shape index (κ1) is 18.7. The van der Waals surface area contributed by atoms with Crippen LogP contribution in [0.5, 0.6) is 0 Å². The third kappa shape index (κ3) is 4.25. The van der Waals surface area contributed by atoms with Gasteiger partial charge in [-0.25, -0.2) is 8.78 Å². The van der Waals surface area contributed by atoms with Crippen molar-refractivity contribution in [2.75, 3.05) is 0 Å². The Morgan fingerprint density at radius 2 is 1.37 bits per heavy atom. The lowest BCUT2D eigenvalue weighted by molar-refractivity contribution is 0.407. The molecule has 2 heteroatoms. The Balaban J connectivity index is 1.42. The third-order valence-electron chi connectivity index (χ3n) is 6.71. The molecule has 2 atom stereocenters. The number of benzene rings is 2. The summed E-state index contributed by atoms with van der Waals surface area (Å²) in [5.41, 5.74) is 7.21. The zero-order chi connectivity index (χ0) is 18.8. The topological polar surface area (TPSA) is 0 Å². The fourth-order valence-corrected chi connectivity index (χ4v) is 5.35. The molecule has 2 aromatic carbocycles. The van der Waals surface area contributed by atoms with E-state index >= 15 is 0 Å². The van der Waals surface area contributed by atoms with Gasteiger partial charge in [0.05, 0.1) is 0 Å². The first-order valence-corrected chi connectivity index (χ1v) is 10.7. The molecule has 0 nitrogen and oxygen atoms in total. The highest BCUT2D eigenvalue weighted by molar-refractivity contribution is 5.44. The van der Waals surface area contributed by atoms with E-state index in [9.17, 15) is 8.78 Å². The lowest BCUT2D eigenvalue weighted by Gasteiger charge is -2.32. The van der Waals surface area contributed by atoms with E-state index in [4.69, 9.17) is 0 Å². The predicted molar refractivity (Wildman–Crippen MR) is 107 cm³/mol. The molecule has 0 saturated heterocycles. The summed E-state index contributed by atoms with van der Waals surface area (Å²) in [6.45, 7) is 2.29. The van der Waals surface area contributed by atoms with E-state index in [-0.39, 0.29) is 0 Å². The van der Waals surface area contributed by atoms with E-state index in [0.717, 1.165) is 36.8 Å². The number of rotatable bonds is 5. The highest BCUT2D eigenvalue weighted by Crippen LogP contribution is 2.37. The van der Waals surface area contributed by atoms with E-state index in [1.807, 2.05) is 0 Å². The molecule has 0 amide bonds. The van der Waals surface area contributed by atoms with Gasteiger partial charge in [-0.15, -0.1) is 0 Å². The Kier molecular flexibility index (Phi) is 5.61. The Hall–Kier alpha value is -1.70. The minimum Gasteiger partial charge on any atom is -0.207 e. The summed E-state index contributed by atoms with van der Waals surface area (Å²) in [6, 6.07) is 8.66. The maximum absolute atomic E-state index is 13.4. The molecule has 0 bridgehead atoms. The van der Waals surface area contributed by atoms with Crippen LogP contribution in [-0.4, -0.2) is 0 Å². The van der Waals surface area contributed by atoms with Crippen LogP contribution in [0.2, 0.25) is 0 Å². The van der Waals surface area contributed by atoms with Gasteiger partial charge in [0.1, 0.15) is 11.6 Å². The number of aryl methyl sites for hydroxylation is 1. The van der Waals surface area contributed by atoms with Gasteiger partial charge in [0.25, 0.3) is 0 Å². The van der Waals surface area contributed by atoms with Crippen LogP contribution in [0.3, 0.4) is 0 Å². The third-order valence-corrected chi connectivity index (χ3v) is 6.71. The first-order chi connectivity index (χ1) is 13.1. The fraction of sp³-hybridized carbons (Fsp3) is 0.520. The van der Waals surface area contributed by atoms with Crippen molar-refractivity contribution >= 4 is 0 Å². The van der Waals surface area contributed by atoms with Gasteiger partial charge < -0.3 is 0 Å². The Morgan fingerprint density at radius 1 is 0.815 bits per heavy atom. The molecule has 2 aromatic rings. The minimum atomic E-state index is -0.466. The molecular formula is C25H30F2. The molecule has 144 valence electrons. The summed E-state index contributed by atoms with van der Waals surface area (Å²) < 4.78 is 26.8. The molecular weight excluding hydrogens is 338 g/mol. The normalized spacial score (nSPS) is 21.6. The maximum atomic E-state index is 13.4. The van der Waals surface area contributed by atoms with E-state index in [0.29, 0.717) is 5.92 Å². The maximum Gasteiger partial charge on any atom is 0.126 e. The second-order valence-electron chi connectivity index (χ2n) is 8.66. The molecule has 0 N–H and O–H groups in total. The van der Waals surface area contributed by atoms with Crippen LogP contribution in [0.25, 0.3) is 0 Å². The van der Waals surface area contributed by atoms with Crippen LogP contribution in [0.15, 0.2) is 30.3 Å². The Bertz CT molecular complexity index is 788. The zero-order valence-electron chi connectivity index (χ0n) is 16.4. The highest BCUT2D eigenvalue weighted by Gasteiger charge is 2.26. The van der Waals surface area contributed by atoms with Gasteiger partial charge in [0.15, 0.2) is 0 Å². The summed E-state index contributed by atoms with van der Waals surface area (Å²) in [6.07, 6.45) is 11.8. The molecule has 0 saturated carbocycles. The number of fused-ring (bicyclic) bond motifs is 3. The minimum absolute atomic E-state index is 0.466. The van der Waals surface area contributed by atoms with Crippen LogP contribution in [0, 0.1) is 23.5 Å². The number of hydrogen-bond acceptors (Lipinski definition) is 0. The molecule has 0 aromatic heterocycles. The van der Waals surface area contributed by atoms with Crippen molar-refractivity contribution in [3.05, 3.63) is 69.8 Å². The van der Waals surface area contributed by atoms with Gasteiger partial charge in [0.2, 0.25) is 0 Å². The summed E-state index contributed by atoms with van der Waals surface area (Å²) in [5.74, 6) is 0.570. The van der Waals surface area contributed by atoms with Crippen LogP contribution >= 0.6 is 0 Å². The average Bonchev–Trinajstić information content (AvgIpc) is 2.65. The largest absolute Gasteiger partial charge is 0.207 e. The molecule has 27 heavy (non-hydrogen) atoms. The summed E-state index contributed by atoms with van der Waals surface area (Å²) in [4.78, 5) is 0. The Morgan fingerprint density at radius 3 is 1.93 bits per heavy atom. The summed E-state index contributed by atoms with van der Waals surface area (Å²) >= 11 is 0. The molecule has 0 aliphatic heterocycles. The van der Waals surface area contributed by atoms with Crippen molar-refractivity contribution in [2.24, 2.45) is 11.8 Å². The molecule has 0 spiro atoms. The molecule has 2 aliphatic rings. The van der Waals surface area contributed by atoms with Gasteiger partial charge in [-0.1, -0.05) is 31.9 Å². The standard InChI is InChI=1S/C25H30F2/c1-2-3-17-6-10-24-20(12-17)8-9-21-13-18(7-11-25(21)24)4-5-19-14-22(26)16-23(27)15-19/h8-9,14-18H,2-7,10-13H2,1H3. The lowest BCUT2D eigenvalue weighted by Crippen LogP contribution is -2.21. The predicted octanol–water partition coefficient (Wildman–Crippen LogP) is 6.61. The lowest BCUT2D eigenvalue weighted by atomic mass is 9.73. The SMILES string of the molecule is CCCC1CCc2c(ccc3c2CCC(CCc2cc(F)cc(F)c2)C3)C1. The van der Waals surface area contributed by atoms with Crippen LogP contribution in [-0.2, 0) is 32.1 Å². The Labute approximate surface area is 162 Å². The zero-order valence-corrected chi connectivity index (χ0v) is 16.4. The van der Waals surface area contributed by atoms with Crippen LogP contribution < -0.4 is 0 Å². The van der Waals surface area contributed by atoms with Crippen molar-refractivity contribution in [1.29, 1.82) is 0 Å². The number of hydrogen-bond donors (Lipinski definition) is 0. The molecule has 0 radical (unpaired) electrons. The van der Waals surface area contributed by atoms with Crippen molar-refractivity contribution in [2.45, 2.75) is 71.1 Å². The van der Waals surface area contributed by atoms with E-state index in [2.05, 4.69) is 19.1 Å². The summed E-state index contributed by atoms with van der Waals surface area (Å²) in [5, 5.41) is 0. The second kappa shape index (κ2) is 8.12. The smallest absolute Gasteiger partial charge is 0.126 e. The first-order valence-electron chi connectivity index (χ1n) is 10.7. The van der Waals surface area contributed by atoms with Crippen molar-refractivity contribution < 1.29 is 8.78 Å². The highest BCUT2D eigenvalue weighted by atomic mass is 19.1. The quantitative estimate of drug-likeness (QED) is 0.557. The van der Waals surface area contributed by atoms with Gasteiger partial charge in [-0.05, 0) is 103 Å². The second-order valence-corrected chi connectivity index (χ2v) is 8.66.